The minimum atomic E-state index is -0.141. The first-order valence-electron chi connectivity index (χ1n) is 9.88. The molecule has 4 rings (SSSR count). The molecule has 0 aliphatic rings. The topological polar surface area (TPSA) is 54.1 Å². The number of fused-ring (bicyclic) bond motifs is 1. The largest absolute Gasteiger partial charge is 0.484 e. The van der Waals surface area contributed by atoms with E-state index in [4.69, 9.17) is 4.74 Å². The Morgan fingerprint density at radius 3 is 2.53 bits per heavy atom. The molecule has 1 heterocycles. The van der Waals surface area contributed by atoms with E-state index in [9.17, 15) is 4.79 Å². The zero-order valence-electron chi connectivity index (χ0n) is 16.7. The lowest BCUT2D eigenvalue weighted by molar-refractivity contribution is -0.123. The van der Waals surface area contributed by atoms with Crippen molar-refractivity contribution in [3.05, 3.63) is 100 Å². The van der Waals surface area contributed by atoms with Crippen LogP contribution in [-0.2, 0) is 4.79 Å². The van der Waals surface area contributed by atoms with Crippen LogP contribution < -0.4 is 10.1 Å². The highest BCUT2D eigenvalue weighted by Crippen LogP contribution is 2.31. The summed E-state index contributed by atoms with van der Waals surface area (Å²) in [6.45, 7) is 2.49. The number of amides is 1. The molecule has 4 nitrogen and oxygen atoms in total. The van der Waals surface area contributed by atoms with Crippen molar-refractivity contribution in [2.45, 2.75) is 12.8 Å². The highest BCUT2D eigenvalue weighted by molar-refractivity contribution is 9.10. The maximum absolute atomic E-state index is 12.5. The van der Waals surface area contributed by atoms with Crippen LogP contribution in [0.2, 0.25) is 0 Å². The number of ether oxygens (including phenoxy) is 1. The Morgan fingerprint density at radius 2 is 1.77 bits per heavy atom. The van der Waals surface area contributed by atoms with Gasteiger partial charge in [0, 0.05) is 34.0 Å². The Labute approximate surface area is 184 Å². The van der Waals surface area contributed by atoms with Gasteiger partial charge in [0.1, 0.15) is 5.75 Å². The third-order valence-electron chi connectivity index (χ3n) is 5.16. The molecule has 1 aromatic heterocycles. The maximum atomic E-state index is 12.5. The quantitative estimate of drug-likeness (QED) is 0.377. The molecule has 0 bridgehead atoms. The predicted octanol–water partition coefficient (Wildman–Crippen LogP) is 5.57. The highest BCUT2D eigenvalue weighted by atomic mass is 79.9. The normalized spacial score (nSPS) is 11.9. The summed E-state index contributed by atoms with van der Waals surface area (Å²) >= 11 is 3.50. The summed E-state index contributed by atoms with van der Waals surface area (Å²) in [6, 6.07) is 24.1. The van der Waals surface area contributed by atoms with Gasteiger partial charge in [0.2, 0.25) is 0 Å². The zero-order valence-corrected chi connectivity index (χ0v) is 18.3. The van der Waals surface area contributed by atoms with Crippen molar-refractivity contribution in [3.63, 3.8) is 0 Å². The van der Waals surface area contributed by atoms with Crippen LogP contribution in [-0.4, -0.2) is 24.0 Å². The van der Waals surface area contributed by atoms with E-state index < -0.39 is 0 Å². The van der Waals surface area contributed by atoms with Crippen molar-refractivity contribution < 1.29 is 9.53 Å². The van der Waals surface area contributed by atoms with E-state index in [0.717, 1.165) is 32.1 Å². The average Bonchev–Trinajstić information content (AvgIpc) is 3.19. The van der Waals surface area contributed by atoms with Crippen LogP contribution in [0.4, 0.5) is 0 Å². The van der Waals surface area contributed by atoms with Crippen LogP contribution in [0.25, 0.3) is 10.9 Å². The van der Waals surface area contributed by atoms with E-state index in [1.165, 1.54) is 0 Å². The summed E-state index contributed by atoms with van der Waals surface area (Å²) in [5.74, 6) is 0.576. The summed E-state index contributed by atoms with van der Waals surface area (Å²) in [7, 11) is 0. The molecule has 0 fully saturated rings. The number of halogens is 1. The molecule has 0 aliphatic heterocycles. The van der Waals surface area contributed by atoms with Gasteiger partial charge in [-0.1, -0.05) is 64.0 Å². The van der Waals surface area contributed by atoms with Gasteiger partial charge in [-0.15, -0.1) is 0 Å². The molecule has 1 amide bonds. The zero-order chi connectivity index (χ0) is 20.9. The van der Waals surface area contributed by atoms with Crippen molar-refractivity contribution in [1.29, 1.82) is 0 Å². The van der Waals surface area contributed by atoms with E-state index in [-0.39, 0.29) is 18.4 Å². The predicted molar refractivity (Wildman–Crippen MR) is 124 cm³/mol. The van der Waals surface area contributed by atoms with E-state index in [1.807, 2.05) is 61.7 Å². The van der Waals surface area contributed by atoms with E-state index in [2.05, 4.69) is 50.5 Å². The molecular formula is C25H23BrN2O2. The number of H-pyrrole nitrogens is 1. The molecule has 0 spiro atoms. The summed E-state index contributed by atoms with van der Waals surface area (Å²) in [4.78, 5) is 15.8. The molecule has 3 aromatic carbocycles. The smallest absolute Gasteiger partial charge is 0.257 e. The Hall–Kier alpha value is -3.05. The van der Waals surface area contributed by atoms with Gasteiger partial charge in [0.15, 0.2) is 6.61 Å². The van der Waals surface area contributed by atoms with Gasteiger partial charge in [0.25, 0.3) is 5.91 Å². The minimum absolute atomic E-state index is 0.00992. The van der Waals surface area contributed by atoms with Crippen LogP contribution in [0.15, 0.2) is 83.5 Å². The van der Waals surface area contributed by atoms with Crippen molar-refractivity contribution in [2.24, 2.45) is 0 Å². The Bertz CT molecular complexity index is 1130. The number of hydrogen-bond acceptors (Lipinski definition) is 2. The average molecular weight is 463 g/mol. The number of aryl methyl sites for hydroxylation is 1. The fourth-order valence-corrected chi connectivity index (χ4v) is 3.80. The van der Waals surface area contributed by atoms with E-state index in [0.29, 0.717) is 12.3 Å². The second-order valence-electron chi connectivity index (χ2n) is 7.30. The number of aromatic amines is 1. The van der Waals surface area contributed by atoms with Crippen LogP contribution >= 0.6 is 15.9 Å². The summed E-state index contributed by atoms with van der Waals surface area (Å²) in [5.41, 5.74) is 4.54. The molecular weight excluding hydrogens is 440 g/mol. The second kappa shape index (κ2) is 9.18. The molecule has 2 N–H and O–H groups in total. The summed E-state index contributed by atoms with van der Waals surface area (Å²) in [6.07, 6.45) is 2.03. The first kappa shape index (κ1) is 20.2. The van der Waals surface area contributed by atoms with E-state index in [1.54, 1.807) is 0 Å². The summed E-state index contributed by atoms with van der Waals surface area (Å²) in [5, 5.41) is 4.20. The van der Waals surface area contributed by atoms with Gasteiger partial charge in [-0.25, -0.2) is 0 Å². The SMILES string of the molecule is Cc1ccc(OCC(=O)NC[C@H](c2ccc(Br)cc2)c2c[nH]c3ccccc23)cc1. The van der Waals surface area contributed by atoms with Crippen LogP contribution in [0.1, 0.15) is 22.6 Å². The minimum Gasteiger partial charge on any atom is -0.484 e. The highest BCUT2D eigenvalue weighted by Gasteiger charge is 2.19. The number of carbonyl (C=O) groups excluding carboxylic acids is 1. The molecule has 1 atom stereocenters. The molecule has 0 unspecified atom stereocenters. The fraction of sp³-hybridized carbons (Fsp3) is 0.160. The van der Waals surface area contributed by atoms with Crippen molar-refractivity contribution in [3.8, 4) is 5.75 Å². The number of rotatable bonds is 7. The van der Waals surface area contributed by atoms with Crippen molar-refractivity contribution in [1.82, 2.24) is 10.3 Å². The number of para-hydroxylation sites is 1. The van der Waals surface area contributed by atoms with Crippen molar-refractivity contribution >= 4 is 32.7 Å². The Morgan fingerprint density at radius 1 is 1.03 bits per heavy atom. The number of hydrogen-bond donors (Lipinski definition) is 2. The van der Waals surface area contributed by atoms with Gasteiger partial charge >= 0.3 is 0 Å². The lowest BCUT2D eigenvalue weighted by Gasteiger charge is -2.18. The molecule has 5 heteroatoms. The number of benzene rings is 3. The lowest BCUT2D eigenvalue weighted by atomic mass is 9.91. The van der Waals surface area contributed by atoms with E-state index >= 15 is 0 Å². The molecule has 0 saturated carbocycles. The monoisotopic (exact) mass is 462 g/mol. The molecule has 0 saturated heterocycles. The second-order valence-corrected chi connectivity index (χ2v) is 8.22. The molecule has 0 aliphatic carbocycles. The number of carbonyl (C=O) groups is 1. The van der Waals surface area contributed by atoms with Gasteiger partial charge in [-0.05, 0) is 48.4 Å². The standard InChI is InChI=1S/C25H23BrN2O2/c1-17-6-12-20(13-7-17)30-16-25(29)28-14-22(18-8-10-19(26)11-9-18)23-15-27-24-5-3-2-4-21(23)24/h2-13,15,22,27H,14,16H2,1H3,(H,28,29)/t22-/m1/s1. The van der Waals surface area contributed by atoms with Gasteiger partial charge in [0.05, 0.1) is 0 Å². The van der Waals surface area contributed by atoms with Gasteiger partial charge in [-0.2, -0.15) is 0 Å². The molecule has 152 valence electrons. The lowest BCUT2D eigenvalue weighted by Crippen LogP contribution is -2.32. The number of aromatic nitrogens is 1. The van der Waals surface area contributed by atoms with Gasteiger partial charge < -0.3 is 15.0 Å². The third kappa shape index (κ3) is 4.74. The molecule has 30 heavy (non-hydrogen) atoms. The fourth-order valence-electron chi connectivity index (χ4n) is 3.54. The first-order chi connectivity index (χ1) is 14.6. The Kier molecular flexibility index (Phi) is 6.19. The maximum Gasteiger partial charge on any atom is 0.257 e. The third-order valence-corrected chi connectivity index (χ3v) is 5.69. The molecule has 4 aromatic rings. The first-order valence-corrected chi connectivity index (χ1v) is 10.7. The molecule has 0 radical (unpaired) electrons. The van der Waals surface area contributed by atoms with Crippen LogP contribution in [0.3, 0.4) is 0 Å². The van der Waals surface area contributed by atoms with Crippen LogP contribution in [0.5, 0.6) is 5.75 Å². The summed E-state index contributed by atoms with van der Waals surface area (Å²) < 4.78 is 6.64. The van der Waals surface area contributed by atoms with Crippen molar-refractivity contribution in [2.75, 3.05) is 13.2 Å². The Balaban J connectivity index is 1.49. The van der Waals surface area contributed by atoms with Crippen LogP contribution in [0, 0.1) is 6.92 Å². The number of nitrogens with one attached hydrogen (secondary N) is 2. The van der Waals surface area contributed by atoms with Gasteiger partial charge in [-0.3, -0.25) is 4.79 Å².